The van der Waals surface area contributed by atoms with Crippen molar-refractivity contribution in [2.45, 2.75) is 32.9 Å². The van der Waals surface area contributed by atoms with E-state index < -0.39 is 30.0 Å². The minimum absolute atomic E-state index is 0.149. The lowest BCUT2D eigenvalue weighted by Crippen LogP contribution is -2.47. The normalized spacial score (nSPS) is 12.8. The molecule has 162 valence electrons. The third-order valence-corrected chi connectivity index (χ3v) is 4.65. The average molecular weight is 415 g/mol. The Labute approximate surface area is 178 Å². The third-order valence-electron chi connectivity index (χ3n) is 4.65. The smallest absolute Gasteiger partial charge is 0.323 e. The van der Waals surface area contributed by atoms with E-state index in [4.69, 9.17) is 14.2 Å². The van der Waals surface area contributed by atoms with Crippen LogP contribution in [-0.2, 0) is 23.8 Å². The Morgan fingerprint density at radius 3 is 2.00 bits per heavy atom. The first kappa shape index (κ1) is 23.3. The zero-order valence-corrected chi connectivity index (χ0v) is 18.0. The number of likely N-dealkylation sites (N-methyl/N-ethyl adjacent to an activating group) is 1. The number of esters is 2. The van der Waals surface area contributed by atoms with E-state index in [1.54, 1.807) is 20.0 Å². The molecule has 2 aromatic rings. The lowest BCUT2D eigenvalue weighted by molar-refractivity contribution is -0.170. The molecule has 0 aliphatic carbocycles. The molecule has 0 amide bonds. The molecule has 1 aromatic heterocycles. The fourth-order valence-corrected chi connectivity index (χ4v) is 3.35. The highest BCUT2D eigenvalue weighted by Crippen LogP contribution is 2.33. The summed E-state index contributed by atoms with van der Waals surface area (Å²) in [5.41, 5.74) is 1.56. The van der Waals surface area contributed by atoms with Gasteiger partial charge in [-0.3, -0.25) is 14.6 Å². The Bertz CT molecular complexity index is 767. The van der Waals surface area contributed by atoms with Crippen LogP contribution in [0.5, 0.6) is 0 Å². The van der Waals surface area contributed by atoms with Crippen molar-refractivity contribution in [3.63, 3.8) is 0 Å². The van der Waals surface area contributed by atoms with E-state index in [-0.39, 0.29) is 13.2 Å². The highest BCUT2D eigenvalue weighted by Gasteiger charge is 2.45. The number of carbonyl (C=O) groups excluding carboxylic acids is 2. The predicted octanol–water partition coefficient (Wildman–Crippen LogP) is 3.41. The highest BCUT2D eigenvalue weighted by molar-refractivity contribution is 5.96. The standard InChI is InChI=1S/C23H30N2O5/c1-5-28-21(19(22(26)29-6-2)23(27)30-7-3)20(18-15-11-12-16-24-18)25(4)17-13-9-8-10-14-17/h8-16,19-21H,5-7H2,1-4H3. The summed E-state index contributed by atoms with van der Waals surface area (Å²) in [7, 11) is 1.88. The quantitative estimate of drug-likeness (QED) is 0.412. The van der Waals surface area contributed by atoms with Gasteiger partial charge in [-0.2, -0.15) is 0 Å². The van der Waals surface area contributed by atoms with E-state index in [2.05, 4.69) is 4.98 Å². The molecule has 0 radical (unpaired) electrons. The van der Waals surface area contributed by atoms with Crippen molar-refractivity contribution in [3.05, 3.63) is 60.4 Å². The summed E-state index contributed by atoms with van der Waals surface area (Å²) in [6, 6.07) is 14.7. The molecular weight excluding hydrogens is 384 g/mol. The Morgan fingerprint density at radius 1 is 0.900 bits per heavy atom. The molecule has 2 atom stereocenters. The van der Waals surface area contributed by atoms with E-state index in [0.29, 0.717) is 12.3 Å². The van der Waals surface area contributed by atoms with Crippen LogP contribution in [0.2, 0.25) is 0 Å². The first-order valence-electron chi connectivity index (χ1n) is 10.2. The van der Waals surface area contributed by atoms with E-state index in [1.807, 2.05) is 67.4 Å². The van der Waals surface area contributed by atoms with Gasteiger partial charge in [0.25, 0.3) is 0 Å². The molecule has 0 aliphatic heterocycles. The van der Waals surface area contributed by atoms with Crippen LogP contribution in [0.3, 0.4) is 0 Å². The maximum absolute atomic E-state index is 12.8. The second-order valence-corrected chi connectivity index (χ2v) is 6.55. The predicted molar refractivity (Wildman–Crippen MR) is 114 cm³/mol. The van der Waals surface area contributed by atoms with Crippen LogP contribution in [0.1, 0.15) is 32.5 Å². The Kier molecular flexibility index (Phi) is 9.28. The molecule has 0 fully saturated rings. The number of carbonyl (C=O) groups is 2. The Morgan fingerprint density at radius 2 is 1.50 bits per heavy atom. The Hall–Kier alpha value is -2.93. The summed E-state index contributed by atoms with van der Waals surface area (Å²) >= 11 is 0. The van der Waals surface area contributed by atoms with Gasteiger partial charge in [-0.25, -0.2) is 0 Å². The monoisotopic (exact) mass is 414 g/mol. The van der Waals surface area contributed by atoms with Gasteiger partial charge < -0.3 is 19.1 Å². The second-order valence-electron chi connectivity index (χ2n) is 6.55. The summed E-state index contributed by atoms with van der Waals surface area (Å²) in [5.74, 6) is -2.59. The van der Waals surface area contributed by atoms with Gasteiger partial charge in [0.2, 0.25) is 0 Å². The van der Waals surface area contributed by atoms with Gasteiger partial charge in [0.05, 0.1) is 24.9 Å². The van der Waals surface area contributed by atoms with Crippen molar-refractivity contribution in [2.24, 2.45) is 5.92 Å². The molecule has 1 heterocycles. The highest BCUT2D eigenvalue weighted by atomic mass is 16.6. The van der Waals surface area contributed by atoms with E-state index in [9.17, 15) is 9.59 Å². The zero-order chi connectivity index (χ0) is 21.9. The molecule has 0 aliphatic rings. The molecule has 30 heavy (non-hydrogen) atoms. The van der Waals surface area contributed by atoms with Crippen molar-refractivity contribution >= 4 is 17.6 Å². The van der Waals surface area contributed by atoms with E-state index in [0.717, 1.165) is 5.69 Å². The largest absolute Gasteiger partial charge is 0.465 e. The summed E-state index contributed by atoms with van der Waals surface area (Å²) in [6.07, 6.45) is 0.807. The van der Waals surface area contributed by atoms with Crippen molar-refractivity contribution in [1.29, 1.82) is 0 Å². The first-order chi connectivity index (χ1) is 14.5. The minimum Gasteiger partial charge on any atom is -0.465 e. The molecule has 0 N–H and O–H groups in total. The summed E-state index contributed by atoms with van der Waals surface area (Å²) < 4.78 is 16.4. The van der Waals surface area contributed by atoms with Gasteiger partial charge in [0, 0.05) is 25.5 Å². The Balaban J connectivity index is 2.58. The molecule has 2 rings (SSSR count). The lowest BCUT2D eigenvalue weighted by atomic mass is 9.91. The fourth-order valence-electron chi connectivity index (χ4n) is 3.35. The van der Waals surface area contributed by atoms with Crippen molar-refractivity contribution in [3.8, 4) is 0 Å². The molecule has 2 unspecified atom stereocenters. The van der Waals surface area contributed by atoms with Crippen LogP contribution in [-0.4, -0.2) is 49.9 Å². The molecule has 1 aromatic carbocycles. The summed E-state index contributed by atoms with van der Waals surface area (Å²) in [6.45, 7) is 5.81. The number of anilines is 1. The van der Waals surface area contributed by atoms with Crippen molar-refractivity contribution in [1.82, 2.24) is 4.98 Å². The van der Waals surface area contributed by atoms with Crippen LogP contribution < -0.4 is 4.90 Å². The number of hydrogen-bond acceptors (Lipinski definition) is 7. The minimum atomic E-state index is -1.25. The van der Waals surface area contributed by atoms with E-state index in [1.165, 1.54) is 0 Å². The number of ether oxygens (including phenoxy) is 3. The van der Waals surface area contributed by atoms with Gasteiger partial charge >= 0.3 is 11.9 Å². The summed E-state index contributed by atoms with van der Waals surface area (Å²) in [4.78, 5) is 32.1. The van der Waals surface area contributed by atoms with Crippen LogP contribution in [0.15, 0.2) is 54.7 Å². The SMILES string of the molecule is CCOC(=O)C(C(=O)OCC)C(OCC)C(c1ccccn1)N(C)c1ccccc1. The van der Waals surface area contributed by atoms with Gasteiger partial charge in [-0.1, -0.05) is 24.3 Å². The fraction of sp³-hybridized carbons (Fsp3) is 0.435. The second kappa shape index (κ2) is 11.9. The molecular formula is C23H30N2O5. The van der Waals surface area contributed by atoms with Gasteiger partial charge in [-0.05, 0) is 45.0 Å². The van der Waals surface area contributed by atoms with Crippen molar-refractivity contribution in [2.75, 3.05) is 31.8 Å². The number of nitrogens with zero attached hydrogens (tertiary/aromatic N) is 2. The molecule has 0 saturated heterocycles. The van der Waals surface area contributed by atoms with E-state index >= 15 is 0 Å². The van der Waals surface area contributed by atoms with Gasteiger partial charge in [0.15, 0.2) is 5.92 Å². The van der Waals surface area contributed by atoms with Crippen LogP contribution in [0.25, 0.3) is 0 Å². The lowest BCUT2D eigenvalue weighted by Gasteiger charge is -2.37. The number of hydrogen-bond donors (Lipinski definition) is 0. The molecule has 0 bridgehead atoms. The van der Waals surface area contributed by atoms with Crippen molar-refractivity contribution < 1.29 is 23.8 Å². The number of para-hydroxylation sites is 1. The number of benzene rings is 1. The van der Waals surface area contributed by atoms with Crippen LogP contribution >= 0.6 is 0 Å². The molecule has 7 heteroatoms. The molecule has 7 nitrogen and oxygen atoms in total. The van der Waals surface area contributed by atoms with Gasteiger partial charge in [0.1, 0.15) is 6.10 Å². The number of pyridine rings is 1. The summed E-state index contributed by atoms with van der Waals surface area (Å²) in [5, 5.41) is 0. The average Bonchev–Trinajstić information content (AvgIpc) is 2.76. The first-order valence-corrected chi connectivity index (χ1v) is 10.2. The molecule has 0 saturated carbocycles. The van der Waals surface area contributed by atoms with Gasteiger partial charge in [-0.15, -0.1) is 0 Å². The maximum Gasteiger partial charge on any atom is 0.323 e. The number of aromatic nitrogens is 1. The topological polar surface area (TPSA) is 78.0 Å². The number of rotatable bonds is 11. The molecule has 0 spiro atoms. The van der Waals surface area contributed by atoms with Crippen LogP contribution in [0, 0.1) is 5.92 Å². The van der Waals surface area contributed by atoms with Crippen LogP contribution in [0.4, 0.5) is 5.69 Å². The third kappa shape index (κ3) is 5.79. The maximum atomic E-state index is 12.8. The zero-order valence-electron chi connectivity index (χ0n) is 18.0.